The average Bonchev–Trinajstić information content (AvgIpc) is 2.85. The lowest BCUT2D eigenvalue weighted by molar-refractivity contribution is 0.638. The van der Waals surface area contributed by atoms with E-state index in [0.29, 0.717) is 4.75 Å². The average molecular weight is 266 g/mol. The van der Waals surface area contributed by atoms with Gasteiger partial charge in [-0.1, -0.05) is 12.8 Å². The van der Waals surface area contributed by atoms with E-state index in [1.807, 2.05) is 31.8 Å². The van der Waals surface area contributed by atoms with E-state index in [0.717, 1.165) is 24.0 Å². The molecule has 1 fully saturated rings. The van der Waals surface area contributed by atoms with Gasteiger partial charge in [0.05, 0.1) is 0 Å². The monoisotopic (exact) mass is 266 g/mol. The third-order valence-electron chi connectivity index (χ3n) is 3.63. The van der Waals surface area contributed by atoms with Crippen LogP contribution in [0.2, 0.25) is 0 Å². The summed E-state index contributed by atoms with van der Waals surface area (Å²) in [6, 6.07) is 1.97. The molecular weight excluding hydrogens is 244 g/mol. The number of aryl methyl sites for hydroxylation is 1. The summed E-state index contributed by atoms with van der Waals surface area (Å²) in [6.45, 7) is 2.92. The molecule has 4 nitrogen and oxygen atoms in total. The van der Waals surface area contributed by atoms with Gasteiger partial charge in [0.15, 0.2) is 0 Å². The predicted molar refractivity (Wildman–Crippen MR) is 79.5 cm³/mol. The minimum Gasteiger partial charge on any atom is -0.373 e. The Bertz CT molecular complexity index is 402. The van der Waals surface area contributed by atoms with Gasteiger partial charge < -0.3 is 10.6 Å². The first-order valence-corrected chi connectivity index (χ1v) is 7.72. The summed E-state index contributed by atoms with van der Waals surface area (Å²) in [5, 5.41) is 6.55. The van der Waals surface area contributed by atoms with Crippen LogP contribution in [-0.4, -0.2) is 34.6 Å². The SMILES string of the molecule is CNc1cc(NCC2(SC)CCCC2)nc(C)n1. The lowest BCUT2D eigenvalue weighted by atomic mass is 10.1. The molecule has 2 rings (SSSR count). The van der Waals surface area contributed by atoms with Crippen molar-refractivity contribution in [1.82, 2.24) is 9.97 Å². The third kappa shape index (κ3) is 3.07. The van der Waals surface area contributed by atoms with Gasteiger partial charge in [0, 0.05) is 24.4 Å². The fourth-order valence-corrected chi connectivity index (χ4v) is 3.42. The highest BCUT2D eigenvalue weighted by Crippen LogP contribution is 2.40. The second-order valence-electron chi connectivity index (χ2n) is 4.88. The summed E-state index contributed by atoms with van der Waals surface area (Å²) in [6.07, 6.45) is 7.55. The summed E-state index contributed by atoms with van der Waals surface area (Å²) >= 11 is 1.99. The summed E-state index contributed by atoms with van der Waals surface area (Å²) in [5.41, 5.74) is 0. The molecule has 18 heavy (non-hydrogen) atoms. The summed E-state index contributed by atoms with van der Waals surface area (Å²) in [7, 11) is 1.88. The highest BCUT2D eigenvalue weighted by Gasteiger charge is 2.32. The molecule has 100 valence electrons. The first kappa shape index (κ1) is 13.5. The Morgan fingerprint density at radius 3 is 2.56 bits per heavy atom. The Balaban J connectivity index is 2.03. The molecule has 5 heteroatoms. The highest BCUT2D eigenvalue weighted by atomic mass is 32.2. The molecule has 2 N–H and O–H groups in total. The fourth-order valence-electron chi connectivity index (χ4n) is 2.51. The van der Waals surface area contributed by atoms with Gasteiger partial charge in [-0.2, -0.15) is 11.8 Å². The zero-order valence-electron chi connectivity index (χ0n) is 11.4. The lowest BCUT2D eigenvalue weighted by Gasteiger charge is -2.27. The normalized spacial score (nSPS) is 17.7. The van der Waals surface area contributed by atoms with Gasteiger partial charge >= 0.3 is 0 Å². The van der Waals surface area contributed by atoms with Gasteiger partial charge in [0.2, 0.25) is 0 Å². The van der Waals surface area contributed by atoms with Crippen LogP contribution in [-0.2, 0) is 0 Å². The summed E-state index contributed by atoms with van der Waals surface area (Å²) in [5.74, 6) is 2.59. The quantitative estimate of drug-likeness (QED) is 0.858. The van der Waals surface area contributed by atoms with Crippen LogP contribution in [0.1, 0.15) is 31.5 Å². The van der Waals surface area contributed by atoms with E-state index in [4.69, 9.17) is 0 Å². The van der Waals surface area contributed by atoms with E-state index in [1.165, 1.54) is 25.7 Å². The van der Waals surface area contributed by atoms with Crippen molar-refractivity contribution in [2.75, 3.05) is 30.5 Å². The number of anilines is 2. The molecule has 0 aliphatic heterocycles. The van der Waals surface area contributed by atoms with Crippen LogP contribution in [0, 0.1) is 6.92 Å². The second kappa shape index (κ2) is 5.78. The Kier molecular flexibility index (Phi) is 4.32. The van der Waals surface area contributed by atoms with E-state index in [9.17, 15) is 0 Å². The Hall–Kier alpha value is -0.970. The van der Waals surface area contributed by atoms with Gasteiger partial charge in [0.25, 0.3) is 0 Å². The molecule has 1 aromatic heterocycles. The molecule has 0 saturated heterocycles. The molecule has 0 bridgehead atoms. The Labute approximate surface area is 113 Å². The van der Waals surface area contributed by atoms with Crippen LogP contribution in [0.5, 0.6) is 0 Å². The molecule has 0 aromatic carbocycles. The highest BCUT2D eigenvalue weighted by molar-refractivity contribution is 8.00. The van der Waals surface area contributed by atoms with Crippen molar-refractivity contribution in [3.8, 4) is 0 Å². The molecule has 1 aliphatic rings. The maximum Gasteiger partial charge on any atom is 0.131 e. The van der Waals surface area contributed by atoms with E-state index < -0.39 is 0 Å². The van der Waals surface area contributed by atoms with Crippen molar-refractivity contribution in [3.63, 3.8) is 0 Å². The van der Waals surface area contributed by atoms with Crippen LogP contribution in [0.3, 0.4) is 0 Å². The van der Waals surface area contributed by atoms with Crippen molar-refractivity contribution in [1.29, 1.82) is 0 Å². The molecule has 1 aliphatic carbocycles. The van der Waals surface area contributed by atoms with E-state index in [2.05, 4.69) is 26.9 Å². The summed E-state index contributed by atoms with van der Waals surface area (Å²) in [4.78, 5) is 8.74. The lowest BCUT2D eigenvalue weighted by Crippen LogP contribution is -2.30. The standard InChI is InChI=1S/C13H22N4S/c1-10-16-11(14-2)8-12(17-10)15-9-13(18-3)6-4-5-7-13/h8H,4-7,9H2,1-3H3,(H2,14,15,16,17). The van der Waals surface area contributed by atoms with E-state index >= 15 is 0 Å². The molecule has 0 atom stereocenters. The van der Waals surface area contributed by atoms with Crippen molar-refractivity contribution >= 4 is 23.4 Å². The smallest absolute Gasteiger partial charge is 0.131 e. The zero-order valence-corrected chi connectivity index (χ0v) is 12.2. The zero-order chi connectivity index (χ0) is 13.0. The summed E-state index contributed by atoms with van der Waals surface area (Å²) < 4.78 is 0.401. The third-order valence-corrected chi connectivity index (χ3v) is 5.05. The van der Waals surface area contributed by atoms with Crippen LogP contribution < -0.4 is 10.6 Å². The van der Waals surface area contributed by atoms with Crippen molar-refractivity contribution in [3.05, 3.63) is 11.9 Å². The van der Waals surface area contributed by atoms with Gasteiger partial charge in [-0.3, -0.25) is 0 Å². The van der Waals surface area contributed by atoms with Gasteiger partial charge in [-0.05, 0) is 26.0 Å². The van der Waals surface area contributed by atoms with E-state index in [-0.39, 0.29) is 0 Å². The number of nitrogens with one attached hydrogen (secondary N) is 2. The molecule has 1 heterocycles. The number of rotatable bonds is 5. The van der Waals surface area contributed by atoms with Crippen molar-refractivity contribution in [2.45, 2.75) is 37.4 Å². The molecular formula is C13H22N4S. The van der Waals surface area contributed by atoms with Gasteiger partial charge in [-0.25, -0.2) is 9.97 Å². The molecule has 0 radical (unpaired) electrons. The maximum atomic E-state index is 4.44. The number of thioether (sulfide) groups is 1. The van der Waals surface area contributed by atoms with Crippen molar-refractivity contribution in [2.24, 2.45) is 0 Å². The first-order valence-electron chi connectivity index (χ1n) is 6.50. The topological polar surface area (TPSA) is 49.8 Å². The fraction of sp³-hybridized carbons (Fsp3) is 0.692. The Morgan fingerprint density at radius 2 is 1.94 bits per heavy atom. The first-order chi connectivity index (χ1) is 8.67. The minimum absolute atomic E-state index is 0.401. The maximum absolute atomic E-state index is 4.44. The van der Waals surface area contributed by atoms with Crippen LogP contribution in [0.25, 0.3) is 0 Å². The Morgan fingerprint density at radius 1 is 1.28 bits per heavy atom. The van der Waals surface area contributed by atoms with Crippen molar-refractivity contribution < 1.29 is 0 Å². The van der Waals surface area contributed by atoms with E-state index in [1.54, 1.807) is 0 Å². The van der Waals surface area contributed by atoms with Crippen LogP contribution >= 0.6 is 11.8 Å². The second-order valence-corrected chi connectivity index (χ2v) is 6.16. The molecule has 1 saturated carbocycles. The largest absolute Gasteiger partial charge is 0.373 e. The predicted octanol–water partition coefficient (Wildman–Crippen LogP) is 2.91. The molecule has 0 spiro atoms. The molecule has 1 aromatic rings. The van der Waals surface area contributed by atoms with Crippen LogP contribution in [0.4, 0.5) is 11.6 Å². The minimum atomic E-state index is 0.401. The number of hydrogen-bond acceptors (Lipinski definition) is 5. The molecule has 0 unspecified atom stereocenters. The number of aromatic nitrogens is 2. The number of hydrogen-bond donors (Lipinski definition) is 2. The van der Waals surface area contributed by atoms with Crippen LogP contribution in [0.15, 0.2) is 6.07 Å². The molecule has 0 amide bonds. The van der Waals surface area contributed by atoms with Gasteiger partial charge in [-0.15, -0.1) is 0 Å². The van der Waals surface area contributed by atoms with Gasteiger partial charge in [0.1, 0.15) is 17.5 Å². The number of nitrogens with zero attached hydrogens (tertiary/aromatic N) is 2.